The van der Waals surface area contributed by atoms with Gasteiger partial charge in [0.15, 0.2) is 4.80 Å². The van der Waals surface area contributed by atoms with Gasteiger partial charge in [0.05, 0.1) is 5.92 Å². The summed E-state index contributed by atoms with van der Waals surface area (Å²) in [6.45, 7) is 1.97. The Morgan fingerprint density at radius 2 is 2.33 bits per heavy atom. The van der Waals surface area contributed by atoms with Gasteiger partial charge in [-0.05, 0) is 19.8 Å². The van der Waals surface area contributed by atoms with Crippen LogP contribution in [0, 0.1) is 5.92 Å². The van der Waals surface area contributed by atoms with Crippen LogP contribution in [0.15, 0.2) is 16.6 Å². The zero-order valence-corrected chi connectivity index (χ0v) is 12.4. The Morgan fingerprint density at radius 1 is 1.61 bits per heavy atom. The first-order valence-electron chi connectivity index (χ1n) is 5.98. The standard InChI is InChI=1S/C12H19N3OS.ClH/c1-12(13)6-4-3-5-9(12)10(16)14-11-15(2)7-8-17-11;/h7-9H,3-6,13H2,1-2H3;1H. The van der Waals surface area contributed by atoms with Crippen LogP contribution in [0.4, 0.5) is 0 Å². The van der Waals surface area contributed by atoms with Crippen LogP contribution in [0.1, 0.15) is 32.6 Å². The smallest absolute Gasteiger partial charge is 0.253 e. The summed E-state index contributed by atoms with van der Waals surface area (Å²) >= 11 is 1.48. The lowest BCUT2D eigenvalue weighted by Crippen LogP contribution is -2.49. The molecule has 18 heavy (non-hydrogen) atoms. The Hall–Kier alpha value is -0.650. The average Bonchev–Trinajstić information content (AvgIpc) is 2.63. The number of rotatable bonds is 1. The Balaban J connectivity index is 0.00000162. The van der Waals surface area contributed by atoms with Crippen molar-refractivity contribution in [1.82, 2.24) is 4.57 Å². The summed E-state index contributed by atoms with van der Waals surface area (Å²) in [5.74, 6) is -0.189. The Morgan fingerprint density at radius 3 is 2.89 bits per heavy atom. The number of nitrogens with two attached hydrogens (primary N) is 1. The van der Waals surface area contributed by atoms with Crippen molar-refractivity contribution in [1.29, 1.82) is 0 Å². The molecule has 6 heteroatoms. The molecule has 2 atom stereocenters. The first-order valence-corrected chi connectivity index (χ1v) is 6.86. The molecule has 2 rings (SSSR count). The van der Waals surface area contributed by atoms with Crippen LogP contribution in [-0.4, -0.2) is 16.0 Å². The van der Waals surface area contributed by atoms with Gasteiger partial charge in [0.25, 0.3) is 5.91 Å². The number of aryl methyl sites for hydroxylation is 1. The predicted molar refractivity (Wildman–Crippen MR) is 75.7 cm³/mol. The summed E-state index contributed by atoms with van der Waals surface area (Å²) in [5.41, 5.74) is 5.81. The van der Waals surface area contributed by atoms with E-state index in [1.165, 1.54) is 11.3 Å². The molecular formula is C12H20ClN3OS. The van der Waals surface area contributed by atoms with E-state index in [9.17, 15) is 4.79 Å². The van der Waals surface area contributed by atoms with Crippen LogP contribution < -0.4 is 10.5 Å². The van der Waals surface area contributed by atoms with Crippen molar-refractivity contribution in [3.05, 3.63) is 16.4 Å². The SMILES string of the molecule is Cl.Cn1ccsc1=NC(=O)C1CCCCC1(C)N. The Bertz CT molecular complexity index is 478. The van der Waals surface area contributed by atoms with E-state index in [0.29, 0.717) is 0 Å². The monoisotopic (exact) mass is 289 g/mol. The second kappa shape index (κ2) is 5.99. The van der Waals surface area contributed by atoms with Crippen molar-refractivity contribution < 1.29 is 4.79 Å². The average molecular weight is 290 g/mol. The minimum absolute atomic E-state index is 0. The third-order valence-electron chi connectivity index (χ3n) is 3.52. The van der Waals surface area contributed by atoms with E-state index in [-0.39, 0.29) is 24.2 Å². The number of aromatic nitrogens is 1. The van der Waals surface area contributed by atoms with Crippen LogP contribution >= 0.6 is 23.7 Å². The zero-order chi connectivity index (χ0) is 12.5. The van der Waals surface area contributed by atoms with Crippen molar-refractivity contribution in [3.63, 3.8) is 0 Å². The number of nitrogens with zero attached hydrogens (tertiary/aromatic N) is 2. The molecule has 0 aromatic carbocycles. The number of carbonyl (C=O) groups is 1. The highest BCUT2D eigenvalue weighted by atomic mass is 35.5. The van der Waals surface area contributed by atoms with Gasteiger partial charge in [0.1, 0.15) is 0 Å². The molecule has 1 aliphatic carbocycles. The van der Waals surface area contributed by atoms with E-state index in [2.05, 4.69) is 4.99 Å². The first-order chi connectivity index (χ1) is 8.00. The van der Waals surface area contributed by atoms with Crippen LogP contribution in [0.5, 0.6) is 0 Å². The second-order valence-corrected chi connectivity index (χ2v) is 5.92. The van der Waals surface area contributed by atoms with E-state index in [1.54, 1.807) is 0 Å². The molecule has 0 aliphatic heterocycles. The molecule has 102 valence electrons. The van der Waals surface area contributed by atoms with Crippen molar-refractivity contribution >= 4 is 29.7 Å². The number of halogens is 1. The van der Waals surface area contributed by atoms with E-state index in [0.717, 1.165) is 30.5 Å². The predicted octanol–water partition coefficient (Wildman–Crippen LogP) is 1.84. The van der Waals surface area contributed by atoms with Crippen LogP contribution in [-0.2, 0) is 11.8 Å². The third-order valence-corrected chi connectivity index (χ3v) is 4.37. The van der Waals surface area contributed by atoms with Gasteiger partial charge < -0.3 is 10.3 Å². The lowest BCUT2D eigenvalue weighted by molar-refractivity contribution is -0.124. The topological polar surface area (TPSA) is 60.4 Å². The first kappa shape index (κ1) is 15.4. The zero-order valence-electron chi connectivity index (χ0n) is 10.8. The van der Waals surface area contributed by atoms with E-state index in [4.69, 9.17) is 5.73 Å². The fraction of sp³-hybridized carbons (Fsp3) is 0.667. The minimum atomic E-state index is -0.394. The molecule has 1 amide bonds. The fourth-order valence-electron chi connectivity index (χ4n) is 2.37. The molecule has 1 aromatic heterocycles. The maximum atomic E-state index is 12.2. The maximum absolute atomic E-state index is 12.2. The van der Waals surface area contributed by atoms with Gasteiger partial charge in [-0.25, -0.2) is 0 Å². The molecule has 2 N–H and O–H groups in total. The summed E-state index contributed by atoms with van der Waals surface area (Å²) in [4.78, 5) is 17.1. The Kier molecular flexibility index (Phi) is 5.13. The number of thiazole rings is 1. The third kappa shape index (κ3) is 3.22. The molecule has 1 saturated carbocycles. The Labute approximate surface area is 117 Å². The lowest BCUT2D eigenvalue weighted by atomic mass is 9.74. The van der Waals surface area contributed by atoms with Gasteiger partial charge in [-0.3, -0.25) is 4.79 Å². The second-order valence-electron chi connectivity index (χ2n) is 5.05. The minimum Gasteiger partial charge on any atom is -0.327 e. The number of hydrogen-bond acceptors (Lipinski definition) is 3. The molecule has 1 aliphatic rings. The summed E-state index contributed by atoms with van der Waals surface area (Å²) in [6.07, 6.45) is 5.87. The molecular weight excluding hydrogens is 270 g/mol. The van der Waals surface area contributed by atoms with Crippen LogP contribution in [0.25, 0.3) is 0 Å². The van der Waals surface area contributed by atoms with Crippen molar-refractivity contribution in [2.24, 2.45) is 23.7 Å². The highest BCUT2D eigenvalue weighted by molar-refractivity contribution is 7.07. The van der Waals surface area contributed by atoms with Crippen molar-refractivity contribution in [3.8, 4) is 0 Å². The molecule has 2 unspecified atom stereocenters. The molecule has 1 aromatic rings. The van der Waals surface area contributed by atoms with Gasteiger partial charge in [0.2, 0.25) is 0 Å². The molecule has 4 nitrogen and oxygen atoms in total. The van der Waals surface area contributed by atoms with E-state index >= 15 is 0 Å². The van der Waals surface area contributed by atoms with Crippen molar-refractivity contribution in [2.75, 3.05) is 0 Å². The number of amides is 1. The van der Waals surface area contributed by atoms with Gasteiger partial charge in [-0.1, -0.05) is 12.8 Å². The van der Waals surface area contributed by atoms with E-state index in [1.807, 2.05) is 30.1 Å². The molecule has 0 saturated heterocycles. The molecule has 0 radical (unpaired) electrons. The quantitative estimate of drug-likeness (QED) is 0.857. The highest BCUT2D eigenvalue weighted by Gasteiger charge is 2.37. The number of carbonyl (C=O) groups excluding carboxylic acids is 1. The molecule has 1 fully saturated rings. The summed E-state index contributed by atoms with van der Waals surface area (Å²) < 4.78 is 1.86. The number of hydrogen-bond donors (Lipinski definition) is 1. The van der Waals surface area contributed by atoms with Crippen LogP contribution in [0.3, 0.4) is 0 Å². The largest absolute Gasteiger partial charge is 0.327 e. The summed E-state index contributed by atoms with van der Waals surface area (Å²) in [6, 6.07) is 0. The van der Waals surface area contributed by atoms with Crippen molar-refractivity contribution in [2.45, 2.75) is 38.1 Å². The van der Waals surface area contributed by atoms with Gasteiger partial charge in [-0.15, -0.1) is 23.7 Å². The fourth-order valence-corrected chi connectivity index (χ4v) is 3.11. The molecule has 0 bridgehead atoms. The lowest BCUT2D eigenvalue weighted by Gasteiger charge is -2.36. The van der Waals surface area contributed by atoms with E-state index < -0.39 is 5.54 Å². The normalized spacial score (nSPS) is 28.8. The van der Waals surface area contributed by atoms with Gasteiger partial charge in [0, 0.05) is 24.2 Å². The highest BCUT2D eigenvalue weighted by Crippen LogP contribution is 2.32. The van der Waals surface area contributed by atoms with Gasteiger partial charge in [-0.2, -0.15) is 4.99 Å². The summed E-state index contributed by atoms with van der Waals surface area (Å²) in [5, 5.41) is 1.93. The maximum Gasteiger partial charge on any atom is 0.253 e. The van der Waals surface area contributed by atoms with Crippen LogP contribution in [0.2, 0.25) is 0 Å². The molecule has 1 heterocycles. The summed E-state index contributed by atoms with van der Waals surface area (Å²) in [7, 11) is 1.89. The molecule has 0 spiro atoms. The van der Waals surface area contributed by atoms with Gasteiger partial charge >= 0.3 is 0 Å².